The highest BCUT2D eigenvalue weighted by molar-refractivity contribution is 9.10. The Balaban J connectivity index is 1.71. The Labute approximate surface area is 148 Å². The third-order valence-corrected chi connectivity index (χ3v) is 6.96. The molecule has 3 rings (SSSR count). The van der Waals surface area contributed by atoms with Gasteiger partial charge < -0.3 is 9.26 Å². The Morgan fingerprint density at radius 2 is 1.55 bits per heavy atom. The second-order valence-electron chi connectivity index (χ2n) is 4.74. The van der Waals surface area contributed by atoms with E-state index >= 15 is 0 Å². The highest BCUT2D eigenvalue weighted by Gasteiger charge is 2.25. The molecule has 0 spiro atoms. The summed E-state index contributed by atoms with van der Waals surface area (Å²) in [5.74, 6) is 2.60. The van der Waals surface area contributed by atoms with Crippen molar-refractivity contribution in [2.24, 2.45) is 0 Å². The van der Waals surface area contributed by atoms with Crippen LogP contribution in [0.5, 0.6) is 11.5 Å². The first-order valence-corrected chi connectivity index (χ1v) is 9.68. The monoisotopic (exact) mass is 470 g/mol. The summed E-state index contributed by atoms with van der Waals surface area (Å²) in [6.07, 6.45) is 0. The first-order chi connectivity index (χ1) is 10.6. The van der Waals surface area contributed by atoms with E-state index in [0.717, 1.165) is 27.4 Å². The van der Waals surface area contributed by atoms with Crippen LogP contribution in [0.1, 0.15) is 11.5 Å². The normalized spacial score (nSPS) is 10.7. The zero-order chi connectivity index (χ0) is 15.5. The number of nitrogens with zero attached hydrogens (tertiary/aromatic N) is 1. The summed E-state index contributed by atoms with van der Waals surface area (Å²) >= 11 is 3.14. The fourth-order valence-corrected chi connectivity index (χ4v) is 4.49. The molecular weight excluding hydrogens is 457 g/mol. The molecule has 112 valence electrons. The van der Waals surface area contributed by atoms with Crippen LogP contribution in [0.15, 0.2) is 57.5 Å². The number of aryl methyl sites for hydroxylation is 2. The van der Waals surface area contributed by atoms with Crippen molar-refractivity contribution in [3.63, 3.8) is 0 Å². The third kappa shape index (κ3) is 3.70. The summed E-state index contributed by atoms with van der Waals surface area (Å²) < 4.78 is 14.7. The highest BCUT2D eigenvalue weighted by Crippen LogP contribution is 2.22. The molecule has 0 fully saturated rings. The van der Waals surface area contributed by atoms with Crippen molar-refractivity contribution in [2.75, 3.05) is 0 Å². The summed E-state index contributed by atoms with van der Waals surface area (Å²) in [5.41, 5.74) is 1.00. The number of ether oxygens (including phenoxy) is 1. The Morgan fingerprint density at radius 1 is 0.955 bits per heavy atom. The number of rotatable bonds is 4. The summed E-state index contributed by atoms with van der Waals surface area (Å²) in [6, 6.07) is 16.1. The number of hydrogen-bond donors (Lipinski definition) is 0. The molecule has 3 nitrogen and oxygen atoms in total. The van der Waals surface area contributed by atoms with Gasteiger partial charge in [-0.05, 0) is 55.5 Å². The van der Waals surface area contributed by atoms with Gasteiger partial charge in [-0.1, -0.05) is 21.1 Å². The first-order valence-electron chi connectivity index (χ1n) is 6.73. The van der Waals surface area contributed by atoms with Gasteiger partial charge in [0.15, 0.2) is 9.33 Å². The minimum atomic E-state index is -0.273. The van der Waals surface area contributed by atoms with Crippen LogP contribution >= 0.6 is 15.9 Å². The maximum Gasteiger partial charge on any atom is 0.363 e. The molecule has 5 heteroatoms. The molecule has 0 saturated heterocycles. The summed E-state index contributed by atoms with van der Waals surface area (Å²) in [7, 11) is 0. The van der Waals surface area contributed by atoms with Gasteiger partial charge >= 0.3 is 21.2 Å². The van der Waals surface area contributed by atoms with Crippen LogP contribution in [0.3, 0.4) is 0 Å². The predicted molar refractivity (Wildman–Crippen MR) is 84.0 cm³/mol. The second kappa shape index (κ2) is 6.83. The van der Waals surface area contributed by atoms with Crippen LogP contribution in [-0.2, 0) is 0 Å². The van der Waals surface area contributed by atoms with Crippen molar-refractivity contribution < 1.29 is 30.5 Å². The molecule has 0 aliphatic heterocycles. The Kier molecular flexibility index (Phi) is 4.83. The number of hydrogen-bond acceptors (Lipinski definition) is 3. The average molecular weight is 471 g/mol. The lowest BCUT2D eigenvalue weighted by Crippen LogP contribution is -3.61. The van der Waals surface area contributed by atoms with E-state index in [4.69, 9.17) is 9.26 Å². The zero-order valence-electron chi connectivity index (χ0n) is 12.1. The van der Waals surface area contributed by atoms with Gasteiger partial charge in [-0.15, -0.1) is 0 Å². The van der Waals surface area contributed by atoms with E-state index in [9.17, 15) is 0 Å². The molecule has 0 radical (unpaired) electrons. The zero-order valence-corrected chi connectivity index (χ0v) is 15.9. The smallest absolute Gasteiger partial charge is 0.363 e. The van der Waals surface area contributed by atoms with Crippen LogP contribution in [0.25, 0.3) is 0 Å². The van der Waals surface area contributed by atoms with Crippen LogP contribution in [0.2, 0.25) is 0 Å². The fraction of sp³-hybridized carbons (Fsp3) is 0.118. The molecule has 0 atom stereocenters. The van der Waals surface area contributed by atoms with Crippen LogP contribution in [0, 0.1) is 21.0 Å². The van der Waals surface area contributed by atoms with Crippen molar-refractivity contribution in [3.8, 4) is 11.5 Å². The minimum Gasteiger partial charge on any atom is -0.457 e. The number of benzene rings is 2. The van der Waals surface area contributed by atoms with Gasteiger partial charge in [0.25, 0.3) is 3.57 Å². The molecule has 0 saturated carbocycles. The summed E-state index contributed by atoms with van der Waals surface area (Å²) in [6.45, 7) is 3.97. The molecule has 0 amide bonds. The molecule has 0 unspecified atom stereocenters. The van der Waals surface area contributed by atoms with Crippen molar-refractivity contribution in [2.45, 2.75) is 13.8 Å². The SMILES string of the molecule is Cc1noc(C)c1[I+]c1ccc(Oc2ccc(Br)cc2)cc1. The van der Waals surface area contributed by atoms with E-state index in [1.807, 2.05) is 50.2 Å². The maximum atomic E-state index is 5.83. The molecule has 1 aromatic heterocycles. The fourth-order valence-electron chi connectivity index (χ4n) is 1.92. The van der Waals surface area contributed by atoms with Crippen molar-refractivity contribution in [1.29, 1.82) is 0 Å². The second-order valence-corrected chi connectivity index (χ2v) is 8.52. The van der Waals surface area contributed by atoms with E-state index in [0.29, 0.717) is 0 Å². The average Bonchev–Trinajstić information content (AvgIpc) is 2.83. The lowest BCUT2D eigenvalue weighted by Gasteiger charge is -2.04. The van der Waals surface area contributed by atoms with Crippen LogP contribution < -0.4 is 25.9 Å². The lowest BCUT2D eigenvalue weighted by molar-refractivity contribution is -0.599. The van der Waals surface area contributed by atoms with Gasteiger partial charge in [0.05, 0.1) is 0 Å². The summed E-state index contributed by atoms with van der Waals surface area (Å²) in [5, 5.41) is 4.02. The Hall–Kier alpha value is -1.34. The van der Waals surface area contributed by atoms with Gasteiger partial charge in [-0.2, -0.15) is 0 Å². The number of aromatic nitrogens is 1. The van der Waals surface area contributed by atoms with E-state index in [1.54, 1.807) is 0 Å². The van der Waals surface area contributed by atoms with Crippen molar-refractivity contribution in [1.82, 2.24) is 5.16 Å². The standard InChI is InChI=1S/C17H14BrINO2/c1-11-17(12(2)22-20-11)19-14-5-9-16(10-6-14)21-15-7-3-13(18)4-8-15/h3-10H,1-2H3/q+1. The molecule has 0 bridgehead atoms. The largest absolute Gasteiger partial charge is 0.457 e. The molecule has 2 aromatic carbocycles. The Bertz CT molecular complexity index is 747. The van der Waals surface area contributed by atoms with Crippen molar-refractivity contribution >= 4 is 15.9 Å². The van der Waals surface area contributed by atoms with Crippen LogP contribution in [-0.4, -0.2) is 5.16 Å². The molecular formula is C17H14BrINO2+. The minimum absolute atomic E-state index is 0.273. The topological polar surface area (TPSA) is 35.3 Å². The van der Waals surface area contributed by atoms with E-state index < -0.39 is 0 Å². The first kappa shape index (κ1) is 15.6. The van der Waals surface area contributed by atoms with Gasteiger partial charge in [0.1, 0.15) is 17.2 Å². The predicted octanol–water partition coefficient (Wildman–Crippen LogP) is 1.97. The molecule has 1 heterocycles. The molecule has 0 N–H and O–H groups in total. The van der Waals surface area contributed by atoms with Crippen LogP contribution in [0.4, 0.5) is 0 Å². The molecule has 3 aromatic rings. The third-order valence-electron chi connectivity index (χ3n) is 3.01. The molecule has 22 heavy (non-hydrogen) atoms. The molecule has 0 aliphatic rings. The van der Waals surface area contributed by atoms with Gasteiger partial charge in [-0.25, -0.2) is 0 Å². The highest BCUT2D eigenvalue weighted by atomic mass is 127. The number of halogens is 2. The Morgan fingerprint density at radius 3 is 2.09 bits per heavy atom. The van der Waals surface area contributed by atoms with E-state index in [1.165, 1.54) is 7.14 Å². The van der Waals surface area contributed by atoms with E-state index in [-0.39, 0.29) is 21.2 Å². The van der Waals surface area contributed by atoms with E-state index in [2.05, 4.69) is 33.2 Å². The quantitative estimate of drug-likeness (QED) is 0.547. The van der Waals surface area contributed by atoms with Gasteiger partial charge in [0.2, 0.25) is 0 Å². The summed E-state index contributed by atoms with van der Waals surface area (Å²) in [4.78, 5) is 0. The van der Waals surface area contributed by atoms with Gasteiger partial charge in [0, 0.05) is 11.4 Å². The van der Waals surface area contributed by atoms with Gasteiger partial charge in [-0.3, -0.25) is 0 Å². The lowest BCUT2D eigenvalue weighted by atomic mass is 10.3. The van der Waals surface area contributed by atoms with Crippen molar-refractivity contribution in [3.05, 3.63) is 71.6 Å². The maximum absolute atomic E-state index is 5.83. The molecule has 0 aliphatic carbocycles.